The molecule has 0 aliphatic heterocycles. The van der Waals surface area contributed by atoms with E-state index >= 15 is 0 Å². The van der Waals surface area contributed by atoms with E-state index in [2.05, 4.69) is 5.32 Å². The lowest BCUT2D eigenvalue weighted by Crippen LogP contribution is -2.52. The Kier molecular flexibility index (Phi) is 11.6. The van der Waals surface area contributed by atoms with Crippen molar-refractivity contribution in [2.45, 2.75) is 44.7 Å². The molecule has 0 heterocycles. The SMILES string of the molecule is CCC(C(=O)NCC(C)C)N(Cc1ccc(OC)cc1)C(=O)CN(c1cc(Cl)ccc1OC)S(=O)(=O)c1ccccc1. The van der Waals surface area contributed by atoms with E-state index in [1.54, 1.807) is 61.7 Å². The number of hydrogen-bond acceptors (Lipinski definition) is 6. The van der Waals surface area contributed by atoms with Crippen LogP contribution in [0.4, 0.5) is 5.69 Å². The quantitative estimate of drug-likeness (QED) is 0.270. The molecule has 0 radical (unpaired) electrons. The van der Waals surface area contributed by atoms with Crippen molar-refractivity contribution in [2.75, 3.05) is 31.6 Å². The number of sulfonamides is 1. The van der Waals surface area contributed by atoms with Gasteiger partial charge < -0.3 is 19.7 Å². The standard InChI is InChI=1S/C31H38ClN3O6S/c1-6-27(31(37)33-19-22(2)3)34(20-23-12-15-25(40-4)16-13-23)30(36)21-35(28-18-24(32)14-17-29(28)41-5)42(38,39)26-10-8-7-9-11-26/h7-18,22,27H,6,19-21H2,1-5H3,(H,33,37). The topological polar surface area (TPSA) is 105 Å². The van der Waals surface area contributed by atoms with Crippen LogP contribution in [0.5, 0.6) is 11.5 Å². The fourth-order valence-corrected chi connectivity index (χ4v) is 5.96. The Labute approximate surface area is 253 Å². The van der Waals surface area contributed by atoms with Crippen LogP contribution in [0.25, 0.3) is 0 Å². The van der Waals surface area contributed by atoms with E-state index < -0.39 is 28.5 Å². The number of halogens is 1. The smallest absolute Gasteiger partial charge is 0.264 e. The molecule has 0 aliphatic carbocycles. The van der Waals surface area contributed by atoms with Crippen LogP contribution < -0.4 is 19.1 Å². The van der Waals surface area contributed by atoms with Gasteiger partial charge in [0, 0.05) is 18.1 Å². The van der Waals surface area contributed by atoms with Crippen molar-refractivity contribution in [1.82, 2.24) is 10.2 Å². The Morgan fingerprint density at radius 1 is 0.952 bits per heavy atom. The second-order valence-corrected chi connectivity index (χ2v) is 12.4. The molecule has 0 spiro atoms. The monoisotopic (exact) mass is 615 g/mol. The highest BCUT2D eigenvalue weighted by Crippen LogP contribution is 2.35. The number of nitrogens with zero attached hydrogens (tertiary/aromatic N) is 2. The van der Waals surface area contributed by atoms with Gasteiger partial charge in [-0.1, -0.05) is 62.7 Å². The Morgan fingerprint density at radius 3 is 2.19 bits per heavy atom. The summed E-state index contributed by atoms with van der Waals surface area (Å²) in [4.78, 5) is 28.9. The Hall–Kier alpha value is -3.76. The molecule has 1 N–H and O–H groups in total. The van der Waals surface area contributed by atoms with Crippen molar-refractivity contribution in [3.63, 3.8) is 0 Å². The highest BCUT2D eigenvalue weighted by Gasteiger charge is 2.35. The number of nitrogens with one attached hydrogen (secondary N) is 1. The third-order valence-corrected chi connectivity index (χ3v) is 8.61. The molecular weight excluding hydrogens is 578 g/mol. The van der Waals surface area contributed by atoms with E-state index in [1.165, 1.54) is 30.2 Å². The fraction of sp³-hybridized carbons (Fsp3) is 0.355. The number of hydrogen-bond donors (Lipinski definition) is 1. The first-order valence-corrected chi connectivity index (χ1v) is 15.4. The van der Waals surface area contributed by atoms with Crippen LogP contribution in [0.3, 0.4) is 0 Å². The van der Waals surface area contributed by atoms with Crippen molar-refractivity contribution in [1.29, 1.82) is 0 Å². The van der Waals surface area contributed by atoms with Gasteiger partial charge >= 0.3 is 0 Å². The molecule has 0 saturated carbocycles. The van der Waals surface area contributed by atoms with Gasteiger partial charge in [0.25, 0.3) is 10.0 Å². The zero-order valence-corrected chi connectivity index (χ0v) is 26.1. The van der Waals surface area contributed by atoms with E-state index in [-0.39, 0.29) is 39.7 Å². The summed E-state index contributed by atoms with van der Waals surface area (Å²) in [7, 11) is -1.29. The predicted octanol–water partition coefficient (Wildman–Crippen LogP) is 5.13. The van der Waals surface area contributed by atoms with E-state index in [0.717, 1.165) is 9.87 Å². The Bertz CT molecular complexity index is 1450. The number of ether oxygens (including phenoxy) is 2. The number of carbonyl (C=O) groups excluding carboxylic acids is 2. The molecule has 0 bridgehead atoms. The summed E-state index contributed by atoms with van der Waals surface area (Å²) >= 11 is 6.28. The van der Waals surface area contributed by atoms with Gasteiger partial charge in [-0.25, -0.2) is 8.42 Å². The van der Waals surface area contributed by atoms with Crippen LogP contribution in [-0.2, 0) is 26.2 Å². The normalized spacial score (nSPS) is 12.0. The van der Waals surface area contributed by atoms with Crippen molar-refractivity contribution in [2.24, 2.45) is 5.92 Å². The third kappa shape index (κ3) is 8.17. The van der Waals surface area contributed by atoms with Crippen LogP contribution in [0, 0.1) is 5.92 Å². The molecule has 0 aromatic heterocycles. The first kappa shape index (κ1) is 32.8. The van der Waals surface area contributed by atoms with Gasteiger partial charge in [0.1, 0.15) is 24.1 Å². The molecule has 42 heavy (non-hydrogen) atoms. The van der Waals surface area contributed by atoms with Gasteiger partial charge in [-0.2, -0.15) is 0 Å². The maximum Gasteiger partial charge on any atom is 0.264 e. The second kappa shape index (κ2) is 14.9. The summed E-state index contributed by atoms with van der Waals surface area (Å²) in [6, 6.07) is 18.6. The fourth-order valence-electron chi connectivity index (χ4n) is 4.36. The van der Waals surface area contributed by atoms with Crippen molar-refractivity contribution in [3.05, 3.63) is 83.4 Å². The van der Waals surface area contributed by atoms with Crippen LogP contribution in [0.2, 0.25) is 5.02 Å². The van der Waals surface area contributed by atoms with Gasteiger partial charge in [-0.15, -0.1) is 0 Å². The zero-order chi connectivity index (χ0) is 30.9. The lowest BCUT2D eigenvalue weighted by Gasteiger charge is -2.33. The average Bonchev–Trinajstić information content (AvgIpc) is 2.99. The first-order valence-electron chi connectivity index (χ1n) is 13.6. The van der Waals surface area contributed by atoms with E-state index in [1.807, 2.05) is 20.8 Å². The van der Waals surface area contributed by atoms with Gasteiger partial charge in [-0.05, 0) is 60.4 Å². The second-order valence-electron chi connectivity index (χ2n) is 10.1. The summed E-state index contributed by atoms with van der Waals surface area (Å²) in [5, 5.41) is 3.18. The number of methoxy groups -OCH3 is 2. The average molecular weight is 616 g/mol. The maximum absolute atomic E-state index is 14.2. The molecule has 2 amide bonds. The van der Waals surface area contributed by atoms with Crippen LogP contribution in [0.1, 0.15) is 32.8 Å². The molecular formula is C31H38ClN3O6S. The molecule has 226 valence electrons. The number of carbonyl (C=O) groups is 2. The predicted molar refractivity (Wildman–Crippen MR) is 164 cm³/mol. The molecule has 3 rings (SSSR count). The molecule has 9 nitrogen and oxygen atoms in total. The number of rotatable bonds is 14. The summed E-state index contributed by atoms with van der Waals surface area (Å²) in [6.45, 7) is 5.68. The largest absolute Gasteiger partial charge is 0.497 e. The summed E-state index contributed by atoms with van der Waals surface area (Å²) in [5.41, 5.74) is 0.848. The highest BCUT2D eigenvalue weighted by atomic mass is 35.5. The maximum atomic E-state index is 14.2. The van der Waals surface area contributed by atoms with Crippen molar-refractivity contribution < 1.29 is 27.5 Å². The Morgan fingerprint density at radius 2 is 1.62 bits per heavy atom. The van der Waals surface area contributed by atoms with Gasteiger partial charge in [0.15, 0.2) is 0 Å². The minimum atomic E-state index is -4.26. The molecule has 0 fully saturated rings. The molecule has 1 atom stereocenters. The lowest BCUT2D eigenvalue weighted by molar-refractivity contribution is -0.140. The molecule has 1 unspecified atom stereocenters. The summed E-state index contributed by atoms with van der Waals surface area (Å²) < 4.78 is 39.7. The van der Waals surface area contributed by atoms with Gasteiger partial charge in [-0.3, -0.25) is 13.9 Å². The van der Waals surface area contributed by atoms with E-state index in [0.29, 0.717) is 18.7 Å². The van der Waals surface area contributed by atoms with Crippen LogP contribution in [-0.4, -0.2) is 58.5 Å². The molecule has 0 aliphatic rings. The molecule has 3 aromatic rings. The first-order chi connectivity index (χ1) is 20.0. The third-order valence-electron chi connectivity index (χ3n) is 6.60. The molecule has 11 heteroatoms. The molecule has 3 aromatic carbocycles. The van der Waals surface area contributed by atoms with Crippen molar-refractivity contribution in [3.8, 4) is 11.5 Å². The molecule has 0 saturated heterocycles. The van der Waals surface area contributed by atoms with Crippen molar-refractivity contribution >= 4 is 39.1 Å². The minimum Gasteiger partial charge on any atom is -0.497 e. The number of amides is 2. The van der Waals surface area contributed by atoms with Crippen LogP contribution in [0.15, 0.2) is 77.7 Å². The van der Waals surface area contributed by atoms with E-state index in [9.17, 15) is 18.0 Å². The number of benzene rings is 3. The lowest BCUT2D eigenvalue weighted by atomic mass is 10.1. The minimum absolute atomic E-state index is 0.0109. The zero-order valence-electron chi connectivity index (χ0n) is 24.5. The van der Waals surface area contributed by atoms with Gasteiger partial charge in [0.05, 0.1) is 24.8 Å². The summed E-state index contributed by atoms with van der Waals surface area (Å²) in [6.07, 6.45) is 0.317. The Balaban J connectivity index is 2.10. The summed E-state index contributed by atoms with van der Waals surface area (Å²) in [5.74, 6) is 0.186. The van der Waals surface area contributed by atoms with Crippen LogP contribution >= 0.6 is 11.6 Å². The van der Waals surface area contributed by atoms with Gasteiger partial charge in [0.2, 0.25) is 11.8 Å². The number of anilines is 1. The highest BCUT2D eigenvalue weighted by molar-refractivity contribution is 7.92. The van der Waals surface area contributed by atoms with E-state index in [4.69, 9.17) is 21.1 Å².